The van der Waals surface area contributed by atoms with Crippen molar-refractivity contribution in [3.8, 4) is 5.75 Å². The van der Waals surface area contributed by atoms with E-state index in [1.165, 1.54) is 6.92 Å². The normalized spacial score (nSPS) is 11.8. The van der Waals surface area contributed by atoms with Gasteiger partial charge in [-0.15, -0.1) is 0 Å². The lowest BCUT2D eigenvalue weighted by molar-refractivity contribution is -0.116. The highest BCUT2D eigenvalue weighted by Gasteiger charge is 2.33. The van der Waals surface area contributed by atoms with E-state index in [0.717, 1.165) is 0 Å². The molecule has 10 heteroatoms. The average molecular weight is 462 g/mol. The Hall–Kier alpha value is -3.40. The maximum Gasteiger partial charge on any atom is 0.242 e. The zero-order valence-corrected chi connectivity index (χ0v) is 19.0. The van der Waals surface area contributed by atoms with Gasteiger partial charge in [-0.3, -0.25) is 14.4 Å². The van der Waals surface area contributed by atoms with Gasteiger partial charge in [-0.1, -0.05) is 6.92 Å². The fourth-order valence-electron chi connectivity index (χ4n) is 2.95. The standard InChI is InChI=1S/C22H27N3O6S/c1-4-20(22(28)25-18-8-6-16(7-9-18)23-15(3)26)32(29,30)14-21(27)24-17-10-12-19(13-11-17)31-5-2/h6-13,20H,4-5,14H2,1-3H3,(H,23,26)(H,24,27)(H,25,28). The van der Waals surface area contributed by atoms with E-state index in [-0.39, 0.29) is 12.3 Å². The fourth-order valence-corrected chi connectivity index (χ4v) is 4.48. The van der Waals surface area contributed by atoms with E-state index in [1.54, 1.807) is 55.5 Å². The minimum absolute atomic E-state index is 0.00841. The van der Waals surface area contributed by atoms with Gasteiger partial charge < -0.3 is 20.7 Å². The van der Waals surface area contributed by atoms with Crippen LogP contribution in [0.25, 0.3) is 0 Å². The molecule has 3 amide bonds. The molecule has 0 heterocycles. The molecule has 2 aromatic carbocycles. The lowest BCUT2D eigenvalue weighted by Gasteiger charge is -2.16. The number of rotatable bonds is 10. The third-order valence-corrected chi connectivity index (χ3v) is 6.43. The van der Waals surface area contributed by atoms with Crippen molar-refractivity contribution in [1.82, 2.24) is 0 Å². The first-order chi connectivity index (χ1) is 15.1. The highest BCUT2D eigenvalue weighted by molar-refractivity contribution is 7.93. The van der Waals surface area contributed by atoms with Crippen molar-refractivity contribution in [3.05, 3.63) is 48.5 Å². The van der Waals surface area contributed by atoms with Gasteiger partial charge in [0.15, 0.2) is 9.84 Å². The van der Waals surface area contributed by atoms with Crippen LogP contribution in [0.5, 0.6) is 5.75 Å². The van der Waals surface area contributed by atoms with Crippen molar-refractivity contribution in [2.45, 2.75) is 32.4 Å². The summed E-state index contributed by atoms with van der Waals surface area (Å²) in [5.41, 5.74) is 1.34. The third kappa shape index (κ3) is 7.38. The molecule has 9 nitrogen and oxygen atoms in total. The molecule has 0 aliphatic heterocycles. The third-order valence-electron chi connectivity index (χ3n) is 4.35. The Labute approximate surface area is 187 Å². The van der Waals surface area contributed by atoms with Gasteiger partial charge in [0.1, 0.15) is 16.8 Å². The molecule has 0 aliphatic carbocycles. The number of sulfone groups is 1. The summed E-state index contributed by atoms with van der Waals surface area (Å²) in [6, 6.07) is 12.8. The molecule has 1 unspecified atom stereocenters. The second kappa shape index (κ2) is 11.3. The first kappa shape index (κ1) is 24.9. The molecule has 32 heavy (non-hydrogen) atoms. The summed E-state index contributed by atoms with van der Waals surface area (Å²) in [5.74, 6) is -1.89. The van der Waals surface area contributed by atoms with Gasteiger partial charge >= 0.3 is 0 Å². The molecule has 2 rings (SSSR count). The van der Waals surface area contributed by atoms with Crippen LogP contribution in [0.4, 0.5) is 17.1 Å². The molecule has 3 N–H and O–H groups in total. The summed E-state index contributed by atoms with van der Waals surface area (Å²) < 4.78 is 30.8. The van der Waals surface area contributed by atoms with E-state index >= 15 is 0 Å². The highest BCUT2D eigenvalue weighted by atomic mass is 32.2. The van der Waals surface area contributed by atoms with Crippen LogP contribution in [-0.4, -0.2) is 43.7 Å². The molecule has 172 valence electrons. The Morgan fingerprint density at radius 1 is 0.844 bits per heavy atom. The number of amides is 3. The smallest absolute Gasteiger partial charge is 0.242 e. The monoisotopic (exact) mass is 461 g/mol. The number of carbonyl (C=O) groups excluding carboxylic acids is 3. The molecule has 0 fully saturated rings. The Balaban J connectivity index is 2.00. The van der Waals surface area contributed by atoms with E-state index in [2.05, 4.69) is 16.0 Å². The van der Waals surface area contributed by atoms with Gasteiger partial charge in [0, 0.05) is 24.0 Å². The molecule has 0 aromatic heterocycles. The van der Waals surface area contributed by atoms with Crippen molar-refractivity contribution < 1.29 is 27.5 Å². The van der Waals surface area contributed by atoms with Gasteiger partial charge in [0.2, 0.25) is 17.7 Å². The topological polar surface area (TPSA) is 131 Å². The van der Waals surface area contributed by atoms with E-state index in [9.17, 15) is 22.8 Å². The summed E-state index contributed by atoms with van der Waals surface area (Å²) in [5, 5.41) is 6.27. The zero-order chi connectivity index (χ0) is 23.7. The van der Waals surface area contributed by atoms with Crippen LogP contribution in [0.15, 0.2) is 48.5 Å². The van der Waals surface area contributed by atoms with Gasteiger partial charge in [0.25, 0.3) is 0 Å². The predicted octanol–water partition coefficient (Wildman–Crippen LogP) is 2.81. The van der Waals surface area contributed by atoms with Gasteiger partial charge in [-0.25, -0.2) is 8.42 Å². The lowest BCUT2D eigenvalue weighted by atomic mass is 10.2. The van der Waals surface area contributed by atoms with Crippen molar-refractivity contribution in [2.24, 2.45) is 0 Å². The van der Waals surface area contributed by atoms with E-state index in [1.807, 2.05) is 6.92 Å². The first-order valence-corrected chi connectivity index (χ1v) is 11.8. The van der Waals surface area contributed by atoms with E-state index in [0.29, 0.717) is 29.4 Å². The van der Waals surface area contributed by atoms with Crippen molar-refractivity contribution in [2.75, 3.05) is 28.3 Å². The maximum atomic E-state index is 12.7. The lowest BCUT2D eigenvalue weighted by Crippen LogP contribution is -2.39. The molecule has 0 saturated carbocycles. The Morgan fingerprint density at radius 3 is 1.84 bits per heavy atom. The fraction of sp³-hybridized carbons (Fsp3) is 0.318. The quantitative estimate of drug-likeness (QED) is 0.499. The van der Waals surface area contributed by atoms with Crippen LogP contribution in [-0.2, 0) is 24.2 Å². The van der Waals surface area contributed by atoms with E-state index < -0.39 is 32.7 Å². The van der Waals surface area contributed by atoms with Gasteiger partial charge in [0.05, 0.1) is 6.61 Å². The SMILES string of the molecule is CCOc1ccc(NC(=O)CS(=O)(=O)C(CC)C(=O)Nc2ccc(NC(C)=O)cc2)cc1. The summed E-state index contributed by atoms with van der Waals surface area (Å²) >= 11 is 0. The number of ether oxygens (including phenoxy) is 1. The largest absolute Gasteiger partial charge is 0.494 e. The van der Waals surface area contributed by atoms with Crippen LogP contribution in [0, 0.1) is 0 Å². The molecule has 0 spiro atoms. The molecule has 0 saturated heterocycles. The number of hydrogen-bond donors (Lipinski definition) is 3. The minimum Gasteiger partial charge on any atom is -0.494 e. The second-order valence-corrected chi connectivity index (χ2v) is 9.14. The molecular formula is C22H27N3O6S. The minimum atomic E-state index is -4.06. The number of nitrogens with one attached hydrogen (secondary N) is 3. The Bertz CT molecular complexity index is 1050. The van der Waals surface area contributed by atoms with Crippen molar-refractivity contribution in [3.63, 3.8) is 0 Å². The molecule has 1 atom stereocenters. The summed E-state index contributed by atoms with van der Waals surface area (Å²) in [6.07, 6.45) is 0.00841. The van der Waals surface area contributed by atoms with Gasteiger partial charge in [-0.05, 0) is 61.9 Å². The Kier molecular flexibility index (Phi) is 8.77. The summed E-state index contributed by atoms with van der Waals surface area (Å²) in [4.78, 5) is 35.9. The molecular weight excluding hydrogens is 434 g/mol. The highest BCUT2D eigenvalue weighted by Crippen LogP contribution is 2.18. The van der Waals surface area contributed by atoms with Gasteiger partial charge in [-0.2, -0.15) is 0 Å². The zero-order valence-electron chi connectivity index (χ0n) is 18.2. The molecule has 2 aromatic rings. The predicted molar refractivity (Wildman–Crippen MR) is 123 cm³/mol. The number of benzene rings is 2. The number of anilines is 3. The maximum absolute atomic E-state index is 12.7. The van der Waals surface area contributed by atoms with Crippen LogP contribution >= 0.6 is 0 Å². The molecule has 0 bridgehead atoms. The summed E-state index contributed by atoms with van der Waals surface area (Å²) in [7, 11) is -4.06. The van der Waals surface area contributed by atoms with Crippen molar-refractivity contribution >= 4 is 44.6 Å². The first-order valence-electron chi connectivity index (χ1n) is 10.1. The van der Waals surface area contributed by atoms with E-state index in [4.69, 9.17) is 4.74 Å². The summed E-state index contributed by atoms with van der Waals surface area (Å²) in [6.45, 7) is 5.29. The molecule has 0 radical (unpaired) electrons. The van der Waals surface area contributed by atoms with Crippen LogP contribution < -0.4 is 20.7 Å². The van der Waals surface area contributed by atoms with Crippen LogP contribution in [0.3, 0.4) is 0 Å². The molecule has 0 aliphatic rings. The Morgan fingerprint density at radius 2 is 1.34 bits per heavy atom. The van der Waals surface area contributed by atoms with Crippen molar-refractivity contribution in [1.29, 1.82) is 0 Å². The average Bonchev–Trinajstić information content (AvgIpc) is 2.70. The number of hydrogen-bond acceptors (Lipinski definition) is 6. The number of carbonyl (C=O) groups is 3. The van der Waals surface area contributed by atoms with Crippen LogP contribution in [0.2, 0.25) is 0 Å². The van der Waals surface area contributed by atoms with Crippen LogP contribution in [0.1, 0.15) is 27.2 Å². The second-order valence-electron chi connectivity index (χ2n) is 6.96.